The summed E-state index contributed by atoms with van der Waals surface area (Å²) in [7, 11) is 0. The fraction of sp³-hybridized carbons (Fsp3) is 0.281. The molecule has 0 unspecified atom stereocenters. The number of nitrogens with zero attached hydrogens (tertiary/aromatic N) is 5. The molecule has 9 nitrogen and oxygen atoms in total. The van der Waals surface area contributed by atoms with Crippen molar-refractivity contribution in [1.82, 2.24) is 19.5 Å². The van der Waals surface area contributed by atoms with Gasteiger partial charge in [-0.15, -0.1) is 0 Å². The summed E-state index contributed by atoms with van der Waals surface area (Å²) < 4.78 is 7.70. The van der Waals surface area contributed by atoms with E-state index in [1.807, 2.05) is 30.3 Å². The number of ether oxygens (including phenoxy) is 1. The molecule has 0 spiro atoms. The number of morpholine rings is 1. The van der Waals surface area contributed by atoms with Gasteiger partial charge in [-0.25, -0.2) is 15.0 Å². The average molecular weight is 548 g/mol. The van der Waals surface area contributed by atoms with Gasteiger partial charge in [-0.2, -0.15) is 0 Å². The number of aliphatic hydroxyl groups is 1. The van der Waals surface area contributed by atoms with Gasteiger partial charge in [0.05, 0.1) is 30.6 Å². The minimum atomic E-state index is -0.236. The first-order valence-corrected chi connectivity index (χ1v) is 14.1. The van der Waals surface area contributed by atoms with Gasteiger partial charge < -0.3 is 26.2 Å². The largest absolute Gasteiger partial charge is 0.394 e. The van der Waals surface area contributed by atoms with Crippen molar-refractivity contribution >= 4 is 22.7 Å². The maximum atomic E-state index is 9.59. The van der Waals surface area contributed by atoms with E-state index in [2.05, 4.69) is 56.9 Å². The van der Waals surface area contributed by atoms with E-state index in [0.717, 1.165) is 70.7 Å². The molecule has 5 N–H and O–H groups in total. The van der Waals surface area contributed by atoms with E-state index < -0.39 is 0 Å². The summed E-state index contributed by atoms with van der Waals surface area (Å²) in [6, 6.07) is 24.6. The fourth-order valence-electron chi connectivity index (χ4n) is 5.86. The predicted octanol–water partition coefficient (Wildman–Crippen LogP) is 4.27. The SMILES string of the molecule is Nc1ncccc1-c1nc2ccc(-c3cccc(N4CCO[C@H](CO)C4)c3)nc2n1-c1ccc(C2(N)CCC2)cc1. The molecule has 4 heterocycles. The third kappa shape index (κ3) is 4.61. The van der Waals surface area contributed by atoms with Crippen molar-refractivity contribution in [3.05, 3.63) is 84.6 Å². The van der Waals surface area contributed by atoms with E-state index in [4.69, 9.17) is 26.2 Å². The van der Waals surface area contributed by atoms with Crippen molar-refractivity contribution in [1.29, 1.82) is 0 Å². The van der Waals surface area contributed by atoms with Gasteiger partial charge in [0.1, 0.15) is 11.3 Å². The van der Waals surface area contributed by atoms with Crippen LogP contribution in [-0.4, -0.2) is 57.0 Å². The lowest BCUT2D eigenvalue weighted by atomic mass is 9.73. The molecule has 1 aliphatic carbocycles. The normalized spacial score (nSPS) is 18.4. The second kappa shape index (κ2) is 10.3. The molecule has 1 saturated heterocycles. The van der Waals surface area contributed by atoms with Crippen LogP contribution in [-0.2, 0) is 10.3 Å². The average Bonchev–Trinajstić information content (AvgIpc) is 3.39. The first-order chi connectivity index (χ1) is 20.0. The highest BCUT2D eigenvalue weighted by molar-refractivity contribution is 5.84. The Morgan fingerprint density at radius 3 is 2.59 bits per heavy atom. The number of hydrogen-bond acceptors (Lipinski definition) is 8. The molecule has 3 aromatic heterocycles. The van der Waals surface area contributed by atoms with E-state index in [9.17, 15) is 5.11 Å². The van der Waals surface area contributed by atoms with Gasteiger partial charge >= 0.3 is 0 Å². The van der Waals surface area contributed by atoms with Crippen LogP contribution in [0.1, 0.15) is 24.8 Å². The lowest BCUT2D eigenvalue weighted by Crippen LogP contribution is -2.44. The number of fused-ring (bicyclic) bond motifs is 1. The Hall–Kier alpha value is -4.31. The molecule has 0 bridgehead atoms. The summed E-state index contributed by atoms with van der Waals surface area (Å²) in [5.74, 6) is 1.10. The summed E-state index contributed by atoms with van der Waals surface area (Å²) >= 11 is 0. The highest BCUT2D eigenvalue weighted by Gasteiger charge is 2.34. The van der Waals surface area contributed by atoms with E-state index in [0.29, 0.717) is 24.8 Å². The van der Waals surface area contributed by atoms with Crippen LogP contribution in [0.3, 0.4) is 0 Å². The summed E-state index contributed by atoms with van der Waals surface area (Å²) in [6.45, 7) is 2.02. The Labute approximate surface area is 238 Å². The highest BCUT2D eigenvalue weighted by Crippen LogP contribution is 2.39. The summed E-state index contributed by atoms with van der Waals surface area (Å²) in [5.41, 5.74) is 19.9. The number of rotatable bonds is 6. The molecule has 9 heteroatoms. The molecular formula is C32H33N7O2. The monoisotopic (exact) mass is 547 g/mol. The minimum Gasteiger partial charge on any atom is -0.394 e. The molecule has 2 aromatic carbocycles. The van der Waals surface area contributed by atoms with E-state index in [1.54, 1.807) is 6.20 Å². The number of nitrogen functional groups attached to an aromatic ring is 1. The molecule has 2 fully saturated rings. The fourth-order valence-corrected chi connectivity index (χ4v) is 5.86. The Bertz CT molecular complexity index is 1710. The number of hydrogen-bond donors (Lipinski definition) is 3. The number of nitrogens with two attached hydrogens (primary N) is 2. The van der Waals surface area contributed by atoms with Gasteiger partial charge in [-0.3, -0.25) is 4.57 Å². The maximum Gasteiger partial charge on any atom is 0.165 e. The van der Waals surface area contributed by atoms with Crippen molar-refractivity contribution in [2.75, 3.05) is 36.9 Å². The van der Waals surface area contributed by atoms with Gasteiger partial charge in [0.2, 0.25) is 0 Å². The molecule has 5 aromatic rings. The molecule has 1 atom stereocenters. The second-order valence-corrected chi connectivity index (χ2v) is 11.0. The molecule has 0 radical (unpaired) electrons. The molecule has 41 heavy (non-hydrogen) atoms. The molecule has 0 amide bonds. The highest BCUT2D eigenvalue weighted by atomic mass is 16.5. The predicted molar refractivity (Wildman–Crippen MR) is 161 cm³/mol. The molecule has 2 aliphatic rings. The molecule has 1 aliphatic heterocycles. The third-order valence-corrected chi connectivity index (χ3v) is 8.38. The zero-order valence-corrected chi connectivity index (χ0v) is 22.8. The lowest BCUT2D eigenvalue weighted by molar-refractivity contribution is 0.00357. The summed E-state index contributed by atoms with van der Waals surface area (Å²) in [5, 5.41) is 9.59. The quantitative estimate of drug-likeness (QED) is 0.288. The van der Waals surface area contributed by atoms with Crippen molar-refractivity contribution in [3.63, 3.8) is 0 Å². The van der Waals surface area contributed by atoms with Crippen LogP contribution in [0.25, 0.3) is 39.5 Å². The van der Waals surface area contributed by atoms with Crippen LogP contribution in [0, 0.1) is 0 Å². The zero-order chi connectivity index (χ0) is 28.0. The molecule has 1 saturated carbocycles. The number of pyridine rings is 2. The first-order valence-electron chi connectivity index (χ1n) is 14.1. The number of imidazole rings is 1. The van der Waals surface area contributed by atoms with Crippen LogP contribution in [0.4, 0.5) is 11.5 Å². The van der Waals surface area contributed by atoms with Gasteiger partial charge in [0.25, 0.3) is 0 Å². The Kier molecular flexibility index (Phi) is 6.42. The van der Waals surface area contributed by atoms with Gasteiger partial charge in [0.15, 0.2) is 11.5 Å². The maximum absolute atomic E-state index is 9.59. The van der Waals surface area contributed by atoms with Gasteiger partial charge in [-0.1, -0.05) is 24.3 Å². The number of aliphatic hydroxyl groups excluding tert-OH is 1. The minimum absolute atomic E-state index is 0.00935. The van der Waals surface area contributed by atoms with Crippen LogP contribution < -0.4 is 16.4 Å². The zero-order valence-electron chi connectivity index (χ0n) is 22.8. The van der Waals surface area contributed by atoms with Crippen molar-refractivity contribution in [2.24, 2.45) is 5.73 Å². The Balaban J connectivity index is 1.33. The molecule has 7 rings (SSSR count). The standard InChI is InChI=1S/C32H33N7O2/c33-29-26(6-2-15-35-29)30-37-28-12-11-27(21-4-1-5-24(18-21)38-16-17-41-25(19-38)20-40)36-31(28)39(30)23-9-7-22(8-10-23)32(34)13-3-14-32/h1-2,4-12,15,18,25,40H,3,13-14,16-17,19-20,34H2,(H2,33,35)/t25-/m0/s1. The van der Waals surface area contributed by atoms with Gasteiger partial charge in [0, 0.05) is 41.8 Å². The second-order valence-electron chi connectivity index (χ2n) is 11.0. The number of benzene rings is 2. The van der Waals surface area contributed by atoms with Crippen LogP contribution >= 0.6 is 0 Å². The van der Waals surface area contributed by atoms with Crippen molar-refractivity contribution in [3.8, 4) is 28.3 Å². The van der Waals surface area contributed by atoms with E-state index in [1.165, 1.54) is 0 Å². The van der Waals surface area contributed by atoms with Crippen molar-refractivity contribution < 1.29 is 9.84 Å². The van der Waals surface area contributed by atoms with Gasteiger partial charge in [-0.05, 0) is 73.4 Å². The van der Waals surface area contributed by atoms with E-state index in [-0.39, 0.29) is 18.2 Å². The summed E-state index contributed by atoms with van der Waals surface area (Å²) in [6.07, 6.45) is 4.68. The number of anilines is 2. The van der Waals surface area contributed by atoms with Crippen LogP contribution in [0.15, 0.2) is 79.0 Å². The Morgan fingerprint density at radius 1 is 0.976 bits per heavy atom. The first kappa shape index (κ1) is 25.6. The summed E-state index contributed by atoms with van der Waals surface area (Å²) in [4.78, 5) is 16.7. The molecule has 208 valence electrons. The van der Waals surface area contributed by atoms with Crippen LogP contribution in [0.5, 0.6) is 0 Å². The van der Waals surface area contributed by atoms with E-state index >= 15 is 0 Å². The van der Waals surface area contributed by atoms with Crippen molar-refractivity contribution in [2.45, 2.75) is 30.9 Å². The topological polar surface area (TPSA) is 128 Å². The third-order valence-electron chi connectivity index (χ3n) is 8.38. The van der Waals surface area contributed by atoms with Crippen LogP contribution in [0.2, 0.25) is 0 Å². The lowest BCUT2D eigenvalue weighted by Gasteiger charge is -2.38. The number of aromatic nitrogens is 4. The molecular weight excluding hydrogens is 514 g/mol. The smallest absolute Gasteiger partial charge is 0.165 e. The Morgan fingerprint density at radius 2 is 1.83 bits per heavy atom.